The molecule has 3 rings (SSSR count). The predicted molar refractivity (Wildman–Crippen MR) is 81.4 cm³/mol. The van der Waals surface area contributed by atoms with Crippen LogP contribution >= 0.6 is 27.5 Å². The summed E-state index contributed by atoms with van der Waals surface area (Å²) in [5.74, 6) is 0.722. The van der Waals surface area contributed by atoms with Gasteiger partial charge in [-0.2, -0.15) is 0 Å². The van der Waals surface area contributed by atoms with Gasteiger partial charge in [0.05, 0.1) is 6.04 Å². The molecular formula is C15H11BrClNO. The zero-order chi connectivity index (χ0) is 13.4. The van der Waals surface area contributed by atoms with Crippen LogP contribution in [-0.4, -0.2) is 0 Å². The number of fused-ring (bicyclic) bond motifs is 1. The average Bonchev–Trinajstić information content (AvgIpc) is 2.86. The van der Waals surface area contributed by atoms with Gasteiger partial charge in [-0.1, -0.05) is 41.9 Å². The molecule has 0 fully saturated rings. The quantitative estimate of drug-likeness (QED) is 0.723. The van der Waals surface area contributed by atoms with Gasteiger partial charge in [0, 0.05) is 10.4 Å². The largest absolute Gasteiger partial charge is 0.452 e. The van der Waals surface area contributed by atoms with E-state index >= 15 is 0 Å². The number of benzene rings is 2. The summed E-state index contributed by atoms with van der Waals surface area (Å²) in [5, 5.41) is 2.78. The van der Waals surface area contributed by atoms with Crippen molar-refractivity contribution in [3.8, 4) is 0 Å². The van der Waals surface area contributed by atoms with Crippen LogP contribution < -0.4 is 5.73 Å². The Balaban J connectivity index is 2.18. The van der Waals surface area contributed by atoms with Crippen molar-refractivity contribution in [3.63, 3.8) is 0 Å². The Morgan fingerprint density at radius 2 is 1.74 bits per heavy atom. The summed E-state index contributed by atoms with van der Waals surface area (Å²) >= 11 is 9.50. The minimum atomic E-state index is -0.312. The van der Waals surface area contributed by atoms with Crippen LogP contribution in [0.25, 0.3) is 10.8 Å². The normalized spacial score (nSPS) is 12.8. The smallest absolute Gasteiger partial charge is 0.169 e. The van der Waals surface area contributed by atoms with Gasteiger partial charge >= 0.3 is 0 Å². The van der Waals surface area contributed by atoms with E-state index in [9.17, 15) is 0 Å². The van der Waals surface area contributed by atoms with E-state index in [-0.39, 0.29) is 6.04 Å². The zero-order valence-corrected chi connectivity index (χ0v) is 12.3. The Kier molecular flexibility index (Phi) is 3.35. The third-order valence-electron chi connectivity index (χ3n) is 3.14. The zero-order valence-electron chi connectivity index (χ0n) is 9.94. The van der Waals surface area contributed by atoms with Gasteiger partial charge in [0.25, 0.3) is 0 Å². The minimum Gasteiger partial charge on any atom is -0.452 e. The summed E-state index contributed by atoms with van der Waals surface area (Å²) in [6.07, 6.45) is 0. The Morgan fingerprint density at radius 1 is 1.00 bits per heavy atom. The van der Waals surface area contributed by atoms with Gasteiger partial charge in [-0.15, -0.1) is 0 Å². The fraction of sp³-hybridized carbons (Fsp3) is 0.0667. The molecular weight excluding hydrogens is 326 g/mol. The molecule has 0 aliphatic heterocycles. The molecule has 2 aromatic carbocycles. The number of nitrogens with two attached hydrogens (primary N) is 1. The third-order valence-corrected chi connectivity index (χ3v) is 3.90. The van der Waals surface area contributed by atoms with Crippen molar-refractivity contribution in [2.75, 3.05) is 0 Å². The van der Waals surface area contributed by atoms with Crippen LogP contribution in [0, 0.1) is 0 Å². The number of furan rings is 1. The van der Waals surface area contributed by atoms with Crippen molar-refractivity contribution < 1.29 is 4.42 Å². The van der Waals surface area contributed by atoms with Gasteiger partial charge in [0.1, 0.15) is 5.76 Å². The van der Waals surface area contributed by atoms with Gasteiger partial charge in [-0.25, -0.2) is 0 Å². The molecule has 1 aromatic heterocycles. The first-order valence-electron chi connectivity index (χ1n) is 5.85. The first kappa shape index (κ1) is 12.7. The fourth-order valence-electron chi connectivity index (χ4n) is 2.21. The standard InChI is InChI=1S/C15H11BrClNO/c16-14-8-7-13(19-14)15(18)11-5-6-12(17)10-4-2-1-3-9(10)11/h1-8,15H,18H2. The molecule has 1 atom stereocenters. The second kappa shape index (κ2) is 5.00. The monoisotopic (exact) mass is 335 g/mol. The van der Waals surface area contributed by atoms with Crippen molar-refractivity contribution in [1.29, 1.82) is 0 Å². The molecule has 0 radical (unpaired) electrons. The first-order valence-corrected chi connectivity index (χ1v) is 7.02. The summed E-state index contributed by atoms with van der Waals surface area (Å²) < 4.78 is 6.21. The lowest BCUT2D eigenvalue weighted by Gasteiger charge is -2.13. The maximum absolute atomic E-state index is 6.29. The molecule has 0 amide bonds. The topological polar surface area (TPSA) is 39.2 Å². The molecule has 0 saturated carbocycles. The van der Waals surface area contributed by atoms with E-state index in [4.69, 9.17) is 21.8 Å². The molecule has 19 heavy (non-hydrogen) atoms. The van der Waals surface area contributed by atoms with Crippen molar-refractivity contribution in [3.05, 3.63) is 69.5 Å². The Labute approximate surface area is 124 Å². The van der Waals surface area contributed by atoms with E-state index in [2.05, 4.69) is 15.9 Å². The third kappa shape index (κ3) is 2.29. The highest BCUT2D eigenvalue weighted by molar-refractivity contribution is 9.10. The molecule has 2 nitrogen and oxygen atoms in total. The van der Waals surface area contributed by atoms with E-state index < -0.39 is 0 Å². The molecule has 96 valence electrons. The minimum absolute atomic E-state index is 0.312. The van der Waals surface area contributed by atoms with Gasteiger partial charge in [-0.3, -0.25) is 0 Å². The summed E-state index contributed by atoms with van der Waals surface area (Å²) in [6, 6.07) is 15.2. The van der Waals surface area contributed by atoms with Crippen molar-refractivity contribution in [1.82, 2.24) is 0 Å². The van der Waals surface area contributed by atoms with Crippen molar-refractivity contribution in [2.45, 2.75) is 6.04 Å². The number of hydrogen-bond acceptors (Lipinski definition) is 2. The van der Waals surface area contributed by atoms with E-state index in [1.807, 2.05) is 48.5 Å². The average molecular weight is 337 g/mol. The fourth-order valence-corrected chi connectivity index (χ4v) is 2.75. The van der Waals surface area contributed by atoms with E-state index in [0.717, 1.165) is 27.1 Å². The second-order valence-electron chi connectivity index (χ2n) is 4.30. The number of rotatable bonds is 2. The molecule has 0 spiro atoms. The molecule has 0 saturated heterocycles. The summed E-state index contributed by atoms with van der Waals surface area (Å²) in [4.78, 5) is 0. The lowest BCUT2D eigenvalue weighted by atomic mass is 9.98. The summed E-state index contributed by atoms with van der Waals surface area (Å²) in [7, 11) is 0. The van der Waals surface area contributed by atoms with Crippen LogP contribution in [0.3, 0.4) is 0 Å². The van der Waals surface area contributed by atoms with Crippen LogP contribution in [0.2, 0.25) is 5.02 Å². The molecule has 3 aromatic rings. The molecule has 0 bridgehead atoms. The lowest BCUT2D eigenvalue weighted by Crippen LogP contribution is -2.11. The van der Waals surface area contributed by atoms with Gasteiger partial charge in [0.2, 0.25) is 0 Å². The van der Waals surface area contributed by atoms with Crippen LogP contribution in [0.4, 0.5) is 0 Å². The highest BCUT2D eigenvalue weighted by Crippen LogP contribution is 2.32. The number of halogens is 2. The lowest BCUT2D eigenvalue weighted by molar-refractivity contribution is 0.471. The summed E-state index contributed by atoms with van der Waals surface area (Å²) in [6.45, 7) is 0. The van der Waals surface area contributed by atoms with Crippen molar-refractivity contribution in [2.24, 2.45) is 5.73 Å². The Morgan fingerprint density at radius 3 is 2.42 bits per heavy atom. The number of hydrogen-bond donors (Lipinski definition) is 1. The second-order valence-corrected chi connectivity index (χ2v) is 5.49. The molecule has 4 heteroatoms. The molecule has 1 heterocycles. The van der Waals surface area contributed by atoms with Crippen LogP contribution in [0.1, 0.15) is 17.4 Å². The van der Waals surface area contributed by atoms with Crippen molar-refractivity contribution >= 4 is 38.3 Å². The van der Waals surface area contributed by atoms with Crippen LogP contribution in [0.15, 0.2) is 57.6 Å². The molecule has 0 aliphatic rings. The van der Waals surface area contributed by atoms with Gasteiger partial charge < -0.3 is 10.2 Å². The Hall–Kier alpha value is -1.29. The molecule has 0 aliphatic carbocycles. The Bertz CT molecular complexity index is 738. The maximum atomic E-state index is 6.29. The van der Waals surface area contributed by atoms with E-state index in [1.165, 1.54) is 0 Å². The maximum Gasteiger partial charge on any atom is 0.169 e. The predicted octanol–water partition coefficient (Wildman–Crippen LogP) is 4.90. The van der Waals surface area contributed by atoms with Gasteiger partial charge in [-0.05, 0) is 45.1 Å². The molecule has 1 unspecified atom stereocenters. The van der Waals surface area contributed by atoms with Crippen LogP contribution in [-0.2, 0) is 0 Å². The van der Waals surface area contributed by atoms with E-state index in [0.29, 0.717) is 4.67 Å². The summed E-state index contributed by atoms with van der Waals surface area (Å²) in [5.41, 5.74) is 7.29. The van der Waals surface area contributed by atoms with Crippen LogP contribution in [0.5, 0.6) is 0 Å². The first-order chi connectivity index (χ1) is 9.16. The highest BCUT2D eigenvalue weighted by Gasteiger charge is 2.16. The van der Waals surface area contributed by atoms with E-state index in [1.54, 1.807) is 0 Å². The highest BCUT2D eigenvalue weighted by atomic mass is 79.9. The van der Waals surface area contributed by atoms with Gasteiger partial charge in [0.15, 0.2) is 4.67 Å². The SMILES string of the molecule is NC(c1ccc(Br)o1)c1ccc(Cl)c2ccccc12. The molecule has 2 N–H and O–H groups in total.